The standard InChI is InChI=1S/C26H25N7O4/c1-35-21-12-17(13-22(36-2)23(21)37-3)30-24-28-15-29-26(32-24)33-19-10-6-5-9-18(19)31-25(33)27-14-16-8-4-7-11-20(16)34/h4-13,15,34H,14H2,1-3H3,(H,27,31)(H,28,29,30,32). The van der Waals surface area contributed by atoms with Crippen molar-refractivity contribution in [1.29, 1.82) is 0 Å². The molecule has 11 nitrogen and oxygen atoms in total. The van der Waals surface area contributed by atoms with E-state index >= 15 is 0 Å². The van der Waals surface area contributed by atoms with Crippen LogP contribution in [0.15, 0.2) is 67.0 Å². The third-order valence-electron chi connectivity index (χ3n) is 5.67. The maximum atomic E-state index is 10.2. The van der Waals surface area contributed by atoms with Gasteiger partial charge in [0.2, 0.25) is 23.6 Å². The number of phenols is 1. The lowest BCUT2D eigenvalue weighted by Gasteiger charge is -2.15. The van der Waals surface area contributed by atoms with Crippen molar-refractivity contribution in [3.05, 3.63) is 72.6 Å². The van der Waals surface area contributed by atoms with Crippen LogP contribution in [0, 0.1) is 0 Å². The molecule has 0 saturated carbocycles. The lowest BCUT2D eigenvalue weighted by atomic mass is 10.2. The van der Waals surface area contributed by atoms with Crippen LogP contribution in [0.3, 0.4) is 0 Å². The van der Waals surface area contributed by atoms with E-state index in [0.29, 0.717) is 47.3 Å². The molecule has 2 aromatic heterocycles. The van der Waals surface area contributed by atoms with Gasteiger partial charge in [0.15, 0.2) is 11.5 Å². The zero-order valence-corrected chi connectivity index (χ0v) is 20.5. The van der Waals surface area contributed by atoms with E-state index in [1.54, 1.807) is 50.2 Å². The summed E-state index contributed by atoms with van der Waals surface area (Å²) in [5.74, 6) is 2.87. The van der Waals surface area contributed by atoms with Gasteiger partial charge in [0, 0.05) is 29.9 Å². The predicted molar refractivity (Wildman–Crippen MR) is 139 cm³/mol. The molecule has 0 spiro atoms. The predicted octanol–water partition coefficient (Wildman–Crippen LogP) is 4.30. The Hall–Kier alpha value is -5.06. The highest BCUT2D eigenvalue weighted by atomic mass is 16.5. The van der Waals surface area contributed by atoms with Gasteiger partial charge in [-0.3, -0.25) is 0 Å². The van der Waals surface area contributed by atoms with Crippen molar-refractivity contribution in [2.24, 2.45) is 0 Å². The molecule has 3 N–H and O–H groups in total. The molecule has 0 bridgehead atoms. The number of imidazole rings is 1. The molecule has 11 heteroatoms. The number of fused-ring (bicyclic) bond motifs is 1. The van der Waals surface area contributed by atoms with Gasteiger partial charge in [0.05, 0.1) is 32.4 Å². The van der Waals surface area contributed by atoms with E-state index in [1.165, 1.54) is 6.33 Å². The lowest BCUT2D eigenvalue weighted by Crippen LogP contribution is -2.10. The second-order valence-electron chi connectivity index (χ2n) is 7.89. The second kappa shape index (κ2) is 10.3. The van der Waals surface area contributed by atoms with Gasteiger partial charge >= 0.3 is 0 Å². The van der Waals surface area contributed by atoms with Crippen molar-refractivity contribution in [2.75, 3.05) is 32.0 Å². The van der Waals surface area contributed by atoms with Crippen LogP contribution in [0.5, 0.6) is 23.0 Å². The highest BCUT2D eigenvalue weighted by Gasteiger charge is 2.17. The number of phenolic OH excluding ortho intramolecular Hbond substituents is 1. The average Bonchev–Trinajstić information content (AvgIpc) is 3.30. The SMILES string of the molecule is COc1cc(Nc2ncnc(-n3c(NCc4ccccc4O)nc4ccccc43)n2)cc(OC)c1OC. The Morgan fingerprint density at radius 3 is 2.32 bits per heavy atom. The van der Waals surface area contributed by atoms with Crippen LogP contribution < -0.4 is 24.8 Å². The van der Waals surface area contributed by atoms with Gasteiger partial charge in [0.1, 0.15) is 12.1 Å². The molecule has 5 rings (SSSR count). The summed E-state index contributed by atoms with van der Waals surface area (Å²) in [6.07, 6.45) is 1.42. The molecule has 0 fully saturated rings. The number of ether oxygens (including phenoxy) is 3. The molecule has 0 aliphatic rings. The molecular formula is C26H25N7O4. The summed E-state index contributed by atoms with van der Waals surface area (Å²) in [4.78, 5) is 18.0. The normalized spacial score (nSPS) is 10.8. The van der Waals surface area contributed by atoms with Crippen molar-refractivity contribution in [1.82, 2.24) is 24.5 Å². The van der Waals surface area contributed by atoms with Crippen LogP contribution in [0.2, 0.25) is 0 Å². The first-order chi connectivity index (χ1) is 18.1. The first kappa shape index (κ1) is 23.7. The maximum absolute atomic E-state index is 10.2. The largest absolute Gasteiger partial charge is 0.508 e. The maximum Gasteiger partial charge on any atom is 0.241 e. The molecule has 0 radical (unpaired) electrons. The monoisotopic (exact) mass is 499 g/mol. The molecule has 0 atom stereocenters. The third-order valence-corrected chi connectivity index (χ3v) is 5.67. The molecule has 37 heavy (non-hydrogen) atoms. The van der Waals surface area contributed by atoms with Gasteiger partial charge < -0.3 is 30.0 Å². The number of aromatic nitrogens is 5. The second-order valence-corrected chi connectivity index (χ2v) is 7.89. The van der Waals surface area contributed by atoms with Crippen molar-refractivity contribution in [3.63, 3.8) is 0 Å². The number of anilines is 3. The summed E-state index contributed by atoms with van der Waals surface area (Å²) in [6, 6.07) is 18.3. The van der Waals surface area contributed by atoms with Gasteiger partial charge in [-0.05, 0) is 18.2 Å². The Morgan fingerprint density at radius 1 is 0.865 bits per heavy atom. The number of hydrogen-bond acceptors (Lipinski definition) is 10. The summed E-state index contributed by atoms with van der Waals surface area (Å²) >= 11 is 0. The van der Waals surface area contributed by atoms with E-state index in [4.69, 9.17) is 19.2 Å². The average molecular weight is 500 g/mol. The molecule has 0 saturated heterocycles. The third kappa shape index (κ3) is 4.74. The molecule has 5 aromatic rings. The minimum absolute atomic E-state index is 0.203. The zero-order chi connectivity index (χ0) is 25.8. The van der Waals surface area contributed by atoms with Crippen LogP contribution in [-0.2, 0) is 6.54 Å². The summed E-state index contributed by atoms with van der Waals surface area (Å²) in [5, 5.41) is 16.6. The van der Waals surface area contributed by atoms with Crippen LogP contribution >= 0.6 is 0 Å². The number of aromatic hydroxyl groups is 1. The van der Waals surface area contributed by atoms with E-state index in [2.05, 4.69) is 25.6 Å². The van der Waals surface area contributed by atoms with Crippen molar-refractivity contribution < 1.29 is 19.3 Å². The minimum Gasteiger partial charge on any atom is -0.508 e. The van der Waals surface area contributed by atoms with Crippen molar-refractivity contribution in [2.45, 2.75) is 6.54 Å². The number of para-hydroxylation sites is 3. The Morgan fingerprint density at radius 2 is 1.59 bits per heavy atom. The van der Waals surface area contributed by atoms with Gasteiger partial charge in [0.25, 0.3) is 0 Å². The van der Waals surface area contributed by atoms with Gasteiger partial charge in [-0.2, -0.15) is 4.98 Å². The van der Waals surface area contributed by atoms with Crippen molar-refractivity contribution >= 4 is 28.6 Å². The van der Waals surface area contributed by atoms with Gasteiger partial charge in [-0.25, -0.2) is 19.5 Å². The molecular weight excluding hydrogens is 474 g/mol. The van der Waals surface area contributed by atoms with Crippen LogP contribution in [0.4, 0.5) is 17.6 Å². The fourth-order valence-corrected chi connectivity index (χ4v) is 3.92. The molecule has 0 unspecified atom stereocenters. The highest BCUT2D eigenvalue weighted by molar-refractivity contribution is 5.80. The van der Waals surface area contributed by atoms with E-state index in [1.807, 2.05) is 36.4 Å². The lowest BCUT2D eigenvalue weighted by molar-refractivity contribution is 0.324. The number of benzene rings is 3. The molecule has 2 heterocycles. The molecule has 0 aliphatic heterocycles. The topological polar surface area (TPSA) is 128 Å². The van der Waals surface area contributed by atoms with Gasteiger partial charge in [-0.1, -0.05) is 30.3 Å². The van der Waals surface area contributed by atoms with Gasteiger partial charge in [-0.15, -0.1) is 0 Å². The first-order valence-electron chi connectivity index (χ1n) is 11.4. The Bertz CT molecular complexity index is 1530. The molecule has 188 valence electrons. The number of nitrogens with one attached hydrogen (secondary N) is 2. The zero-order valence-electron chi connectivity index (χ0n) is 20.5. The fourth-order valence-electron chi connectivity index (χ4n) is 3.92. The minimum atomic E-state index is 0.203. The van der Waals surface area contributed by atoms with E-state index < -0.39 is 0 Å². The number of nitrogens with zero attached hydrogens (tertiary/aromatic N) is 5. The molecule has 0 amide bonds. The van der Waals surface area contributed by atoms with Crippen LogP contribution in [0.1, 0.15) is 5.56 Å². The Balaban J connectivity index is 1.50. The Labute approximate surface area is 212 Å². The number of hydrogen-bond donors (Lipinski definition) is 3. The van der Waals surface area contributed by atoms with E-state index in [0.717, 1.165) is 16.6 Å². The van der Waals surface area contributed by atoms with E-state index in [-0.39, 0.29) is 5.75 Å². The first-order valence-corrected chi connectivity index (χ1v) is 11.4. The molecule has 0 aliphatic carbocycles. The summed E-state index contributed by atoms with van der Waals surface area (Å²) in [5.41, 5.74) is 2.95. The fraction of sp³-hybridized carbons (Fsp3) is 0.154. The van der Waals surface area contributed by atoms with Crippen LogP contribution in [0.25, 0.3) is 17.0 Å². The quantitative estimate of drug-likeness (QED) is 0.270. The number of rotatable bonds is 9. The Kier molecular flexibility index (Phi) is 6.58. The summed E-state index contributed by atoms with van der Waals surface area (Å²) < 4.78 is 18.1. The van der Waals surface area contributed by atoms with Crippen LogP contribution in [-0.4, -0.2) is 50.9 Å². The smallest absolute Gasteiger partial charge is 0.241 e. The van der Waals surface area contributed by atoms with E-state index in [9.17, 15) is 5.11 Å². The molecule has 3 aromatic carbocycles. The summed E-state index contributed by atoms with van der Waals surface area (Å²) in [6.45, 7) is 0.359. The van der Waals surface area contributed by atoms with Crippen molar-refractivity contribution in [3.8, 4) is 28.9 Å². The highest BCUT2D eigenvalue weighted by Crippen LogP contribution is 2.40. The summed E-state index contributed by atoms with van der Waals surface area (Å²) in [7, 11) is 4.65. The number of methoxy groups -OCH3 is 3.